The highest BCUT2D eigenvalue weighted by Gasteiger charge is 2.04. The van der Waals surface area contributed by atoms with Crippen LogP contribution >= 0.6 is 11.6 Å². The zero-order valence-electron chi connectivity index (χ0n) is 9.46. The molecule has 1 rings (SSSR count). The van der Waals surface area contributed by atoms with E-state index in [1.807, 2.05) is 13.8 Å². The minimum absolute atomic E-state index is 0.0227. The molecule has 0 saturated carbocycles. The van der Waals surface area contributed by atoms with Gasteiger partial charge in [-0.3, -0.25) is 4.79 Å². The second-order valence-electron chi connectivity index (χ2n) is 3.73. The van der Waals surface area contributed by atoms with Crippen LogP contribution in [0.2, 0.25) is 5.02 Å². The molecule has 88 valence electrons. The standard InChI is InChI=1S/C11H16ClN3O/c1-8(2)15-10(16)5-7-14-11-9(12)4-3-6-13-11/h3-4,6,8H,5,7H2,1-2H3,(H,13,14)(H,15,16). The third-order valence-electron chi connectivity index (χ3n) is 1.85. The number of hydrogen-bond acceptors (Lipinski definition) is 3. The molecule has 0 saturated heterocycles. The van der Waals surface area contributed by atoms with Gasteiger partial charge in [0.25, 0.3) is 0 Å². The molecule has 0 aliphatic carbocycles. The third-order valence-corrected chi connectivity index (χ3v) is 2.16. The number of rotatable bonds is 5. The monoisotopic (exact) mass is 241 g/mol. The second kappa shape index (κ2) is 6.33. The maximum Gasteiger partial charge on any atom is 0.221 e. The molecule has 1 amide bonds. The molecule has 5 heteroatoms. The van der Waals surface area contributed by atoms with Crippen molar-refractivity contribution in [3.05, 3.63) is 23.4 Å². The molecule has 0 aliphatic rings. The summed E-state index contributed by atoms with van der Waals surface area (Å²) in [5.74, 6) is 0.635. The van der Waals surface area contributed by atoms with E-state index in [9.17, 15) is 4.79 Å². The minimum atomic E-state index is 0.0227. The number of nitrogens with one attached hydrogen (secondary N) is 2. The van der Waals surface area contributed by atoms with Crippen LogP contribution in [0.5, 0.6) is 0 Å². The lowest BCUT2D eigenvalue weighted by Gasteiger charge is -2.09. The first-order chi connectivity index (χ1) is 7.59. The summed E-state index contributed by atoms with van der Waals surface area (Å²) in [5.41, 5.74) is 0. The zero-order chi connectivity index (χ0) is 12.0. The third kappa shape index (κ3) is 4.49. The molecule has 16 heavy (non-hydrogen) atoms. The van der Waals surface area contributed by atoms with E-state index in [1.165, 1.54) is 0 Å². The van der Waals surface area contributed by atoms with Crippen molar-refractivity contribution in [1.82, 2.24) is 10.3 Å². The van der Waals surface area contributed by atoms with Crippen molar-refractivity contribution in [3.8, 4) is 0 Å². The topological polar surface area (TPSA) is 54.0 Å². The number of carbonyl (C=O) groups excluding carboxylic acids is 1. The number of aromatic nitrogens is 1. The fraction of sp³-hybridized carbons (Fsp3) is 0.455. The fourth-order valence-corrected chi connectivity index (χ4v) is 1.39. The van der Waals surface area contributed by atoms with Crippen LogP contribution in [0.4, 0.5) is 5.82 Å². The molecule has 0 unspecified atom stereocenters. The summed E-state index contributed by atoms with van der Waals surface area (Å²) in [6.07, 6.45) is 2.06. The van der Waals surface area contributed by atoms with Crippen molar-refractivity contribution < 1.29 is 4.79 Å². The summed E-state index contributed by atoms with van der Waals surface area (Å²) in [4.78, 5) is 15.4. The average molecular weight is 242 g/mol. The van der Waals surface area contributed by atoms with E-state index in [4.69, 9.17) is 11.6 Å². The maximum absolute atomic E-state index is 11.3. The molecule has 4 nitrogen and oxygen atoms in total. The Balaban J connectivity index is 2.31. The van der Waals surface area contributed by atoms with Gasteiger partial charge < -0.3 is 10.6 Å². The molecular weight excluding hydrogens is 226 g/mol. The Kier molecular flexibility index (Phi) is 5.05. The van der Waals surface area contributed by atoms with Crippen molar-refractivity contribution in [2.75, 3.05) is 11.9 Å². The van der Waals surface area contributed by atoms with Gasteiger partial charge in [-0.25, -0.2) is 4.98 Å². The van der Waals surface area contributed by atoms with Gasteiger partial charge in [-0.1, -0.05) is 11.6 Å². The molecule has 2 N–H and O–H groups in total. The fourth-order valence-electron chi connectivity index (χ4n) is 1.20. The number of anilines is 1. The first kappa shape index (κ1) is 12.8. The van der Waals surface area contributed by atoms with Crippen molar-refractivity contribution in [2.24, 2.45) is 0 Å². The van der Waals surface area contributed by atoms with E-state index in [0.717, 1.165) is 0 Å². The first-order valence-electron chi connectivity index (χ1n) is 5.23. The molecule has 1 aromatic rings. The minimum Gasteiger partial charge on any atom is -0.368 e. The number of nitrogens with zero attached hydrogens (tertiary/aromatic N) is 1. The van der Waals surface area contributed by atoms with Gasteiger partial charge in [0.2, 0.25) is 5.91 Å². The number of amides is 1. The smallest absolute Gasteiger partial charge is 0.221 e. The molecule has 0 spiro atoms. The zero-order valence-corrected chi connectivity index (χ0v) is 10.2. The van der Waals surface area contributed by atoms with E-state index >= 15 is 0 Å². The van der Waals surface area contributed by atoms with Gasteiger partial charge in [0.05, 0.1) is 5.02 Å². The van der Waals surface area contributed by atoms with Gasteiger partial charge in [0.15, 0.2) is 0 Å². The quantitative estimate of drug-likeness (QED) is 0.830. The van der Waals surface area contributed by atoms with Gasteiger partial charge >= 0.3 is 0 Å². The van der Waals surface area contributed by atoms with E-state index in [1.54, 1.807) is 18.3 Å². The van der Waals surface area contributed by atoms with Crippen molar-refractivity contribution in [1.29, 1.82) is 0 Å². The summed E-state index contributed by atoms with van der Waals surface area (Å²) in [7, 11) is 0. The summed E-state index contributed by atoms with van der Waals surface area (Å²) in [6.45, 7) is 4.39. The maximum atomic E-state index is 11.3. The SMILES string of the molecule is CC(C)NC(=O)CCNc1ncccc1Cl. The average Bonchev–Trinajstić information content (AvgIpc) is 2.19. The number of carbonyl (C=O) groups is 1. The molecule has 0 bridgehead atoms. The molecule has 0 aliphatic heterocycles. The Labute approximate surface area is 100 Å². The van der Waals surface area contributed by atoms with Crippen molar-refractivity contribution in [3.63, 3.8) is 0 Å². The summed E-state index contributed by atoms with van der Waals surface area (Å²) < 4.78 is 0. The summed E-state index contributed by atoms with van der Waals surface area (Å²) >= 11 is 5.90. The molecule has 0 fully saturated rings. The summed E-state index contributed by atoms with van der Waals surface area (Å²) in [5, 5.41) is 6.39. The lowest BCUT2D eigenvalue weighted by atomic mass is 10.3. The summed E-state index contributed by atoms with van der Waals surface area (Å²) in [6, 6.07) is 3.69. The van der Waals surface area contributed by atoms with Gasteiger partial charge in [0, 0.05) is 25.2 Å². The van der Waals surface area contributed by atoms with E-state index in [2.05, 4.69) is 15.6 Å². The van der Waals surface area contributed by atoms with Crippen LogP contribution in [0.15, 0.2) is 18.3 Å². The largest absolute Gasteiger partial charge is 0.368 e. The number of hydrogen-bond donors (Lipinski definition) is 2. The van der Waals surface area contributed by atoms with Crippen LogP contribution in [-0.4, -0.2) is 23.5 Å². The Bertz CT molecular complexity index is 355. The molecule has 0 aromatic carbocycles. The molecular formula is C11H16ClN3O. The second-order valence-corrected chi connectivity index (χ2v) is 4.14. The normalized spacial score (nSPS) is 10.2. The van der Waals surface area contributed by atoms with Crippen molar-refractivity contribution in [2.45, 2.75) is 26.3 Å². The number of pyridine rings is 1. The van der Waals surface area contributed by atoms with E-state index in [0.29, 0.717) is 23.8 Å². The van der Waals surface area contributed by atoms with Gasteiger partial charge in [-0.2, -0.15) is 0 Å². The van der Waals surface area contributed by atoms with E-state index < -0.39 is 0 Å². The van der Waals surface area contributed by atoms with Crippen LogP contribution in [0, 0.1) is 0 Å². The first-order valence-corrected chi connectivity index (χ1v) is 5.61. The highest BCUT2D eigenvalue weighted by atomic mass is 35.5. The van der Waals surface area contributed by atoms with Gasteiger partial charge in [0.1, 0.15) is 5.82 Å². The van der Waals surface area contributed by atoms with Crippen LogP contribution in [0.3, 0.4) is 0 Å². The van der Waals surface area contributed by atoms with Crippen molar-refractivity contribution >= 4 is 23.3 Å². The van der Waals surface area contributed by atoms with E-state index in [-0.39, 0.29) is 11.9 Å². The Morgan fingerprint density at radius 1 is 1.56 bits per heavy atom. The van der Waals surface area contributed by atoms with Gasteiger partial charge in [-0.05, 0) is 26.0 Å². The predicted molar refractivity (Wildman–Crippen MR) is 65.6 cm³/mol. The molecule has 1 aromatic heterocycles. The lowest BCUT2D eigenvalue weighted by Crippen LogP contribution is -2.31. The van der Waals surface area contributed by atoms with Crippen LogP contribution < -0.4 is 10.6 Å². The Morgan fingerprint density at radius 2 is 2.31 bits per heavy atom. The molecule has 1 heterocycles. The highest BCUT2D eigenvalue weighted by Crippen LogP contribution is 2.16. The Morgan fingerprint density at radius 3 is 2.94 bits per heavy atom. The highest BCUT2D eigenvalue weighted by molar-refractivity contribution is 6.32. The lowest BCUT2D eigenvalue weighted by molar-refractivity contribution is -0.121. The van der Waals surface area contributed by atoms with Crippen LogP contribution in [0.1, 0.15) is 20.3 Å². The van der Waals surface area contributed by atoms with Crippen LogP contribution in [-0.2, 0) is 4.79 Å². The predicted octanol–water partition coefficient (Wildman–Crippen LogP) is 2.06. The molecule has 0 atom stereocenters. The Hall–Kier alpha value is -1.29. The van der Waals surface area contributed by atoms with Gasteiger partial charge in [-0.15, -0.1) is 0 Å². The number of halogens is 1. The van der Waals surface area contributed by atoms with Crippen LogP contribution in [0.25, 0.3) is 0 Å². The molecule has 0 radical (unpaired) electrons.